The Morgan fingerprint density at radius 1 is 0.651 bits per heavy atom. The fourth-order valence-corrected chi connectivity index (χ4v) is 7.77. The molecular formula is C41H38BBr. The van der Waals surface area contributed by atoms with Crippen molar-refractivity contribution in [3.8, 4) is 33.4 Å². The lowest BCUT2D eigenvalue weighted by Crippen LogP contribution is -2.28. The first-order valence-electron chi connectivity index (χ1n) is 15.4. The molecular weight excluding hydrogens is 583 g/mol. The van der Waals surface area contributed by atoms with Crippen LogP contribution in [0.1, 0.15) is 76.6 Å². The number of rotatable bonds is 2. The summed E-state index contributed by atoms with van der Waals surface area (Å²) in [6.07, 6.45) is 2.53. The summed E-state index contributed by atoms with van der Waals surface area (Å²) in [5, 5.41) is 2.70. The normalized spacial score (nSPS) is 17.5. The highest BCUT2D eigenvalue weighted by Crippen LogP contribution is 2.57. The molecule has 0 fully saturated rings. The highest BCUT2D eigenvalue weighted by molar-refractivity contribution is 9.10. The highest BCUT2D eigenvalue weighted by Gasteiger charge is 2.40. The Hall–Kier alpha value is -3.36. The van der Waals surface area contributed by atoms with Crippen LogP contribution in [0.25, 0.3) is 50.2 Å². The van der Waals surface area contributed by atoms with Gasteiger partial charge in [-0.05, 0) is 120 Å². The van der Waals surface area contributed by atoms with Crippen molar-refractivity contribution in [2.75, 3.05) is 0 Å². The monoisotopic (exact) mass is 620 g/mol. The van der Waals surface area contributed by atoms with E-state index in [4.69, 9.17) is 7.85 Å². The highest BCUT2D eigenvalue weighted by atomic mass is 79.9. The summed E-state index contributed by atoms with van der Waals surface area (Å²) in [5.41, 5.74) is 15.8. The lowest BCUT2D eigenvalue weighted by Gasteiger charge is -2.43. The summed E-state index contributed by atoms with van der Waals surface area (Å²) < 4.78 is 1.10. The topological polar surface area (TPSA) is 0 Å². The van der Waals surface area contributed by atoms with E-state index < -0.39 is 0 Å². The summed E-state index contributed by atoms with van der Waals surface area (Å²) in [6.45, 7) is 16.6. The summed E-state index contributed by atoms with van der Waals surface area (Å²) >= 11 is 3.64. The minimum atomic E-state index is 0.0409. The Bertz CT molecular complexity index is 1940. The van der Waals surface area contributed by atoms with Crippen LogP contribution in [-0.4, -0.2) is 7.85 Å². The quantitative estimate of drug-likeness (QED) is 0.172. The van der Waals surface area contributed by atoms with Gasteiger partial charge < -0.3 is 0 Å². The molecule has 43 heavy (non-hydrogen) atoms. The van der Waals surface area contributed by atoms with Crippen LogP contribution in [0, 0.1) is 11.3 Å². The van der Waals surface area contributed by atoms with Gasteiger partial charge >= 0.3 is 0 Å². The van der Waals surface area contributed by atoms with Crippen molar-refractivity contribution in [3.63, 3.8) is 0 Å². The van der Waals surface area contributed by atoms with Crippen LogP contribution >= 0.6 is 15.9 Å². The van der Waals surface area contributed by atoms with Crippen molar-refractivity contribution >= 4 is 46.1 Å². The van der Waals surface area contributed by atoms with E-state index in [1.54, 1.807) is 0 Å². The van der Waals surface area contributed by atoms with Crippen LogP contribution < -0.4 is 5.46 Å². The van der Waals surface area contributed by atoms with Crippen LogP contribution in [0.5, 0.6) is 0 Å². The van der Waals surface area contributed by atoms with Gasteiger partial charge in [-0.1, -0.05) is 130 Å². The molecule has 0 saturated heterocycles. The smallest absolute Gasteiger partial charge is 0.0966 e. The second-order valence-electron chi connectivity index (χ2n) is 14.7. The van der Waals surface area contributed by atoms with Gasteiger partial charge in [0.1, 0.15) is 7.85 Å². The molecule has 2 radical (unpaired) electrons. The summed E-state index contributed by atoms with van der Waals surface area (Å²) in [4.78, 5) is 0. The summed E-state index contributed by atoms with van der Waals surface area (Å²) in [6, 6.07) is 31.8. The van der Waals surface area contributed by atoms with Crippen molar-refractivity contribution in [3.05, 3.63) is 117 Å². The molecule has 0 amide bonds. The maximum atomic E-state index is 6.10. The van der Waals surface area contributed by atoms with Gasteiger partial charge in [0, 0.05) is 10.4 Å². The third kappa shape index (κ3) is 4.74. The number of hydrogen-bond acceptors (Lipinski definition) is 0. The Morgan fingerprint density at radius 2 is 1.26 bits per heavy atom. The number of hydrogen-bond donors (Lipinski definition) is 0. The van der Waals surface area contributed by atoms with E-state index in [0.29, 0.717) is 11.8 Å². The Kier molecular flexibility index (Phi) is 6.50. The Labute approximate surface area is 266 Å². The first kappa shape index (κ1) is 28.4. The van der Waals surface area contributed by atoms with Crippen LogP contribution in [0.15, 0.2) is 95.0 Å². The molecule has 212 valence electrons. The molecule has 2 heteroatoms. The lowest BCUT2D eigenvalue weighted by molar-refractivity contribution is 0.415. The van der Waals surface area contributed by atoms with Gasteiger partial charge in [0.05, 0.1) is 0 Å². The molecule has 0 aliphatic heterocycles. The van der Waals surface area contributed by atoms with Crippen molar-refractivity contribution in [1.29, 1.82) is 0 Å². The molecule has 2 aliphatic carbocycles. The van der Waals surface area contributed by atoms with Crippen molar-refractivity contribution in [2.45, 2.75) is 59.8 Å². The SMILES string of the molecule is [B]c1ccc(-c2cc3c4c(cc(-c5ccc(Br)cc5)cc4c2)C2c4c(cc(C(C)(C)C)cc4-3)C=C(C(C)(C)C)C2C)cc1. The second kappa shape index (κ2) is 9.83. The fourth-order valence-electron chi connectivity index (χ4n) is 7.51. The number of halogens is 1. The van der Waals surface area contributed by atoms with Crippen molar-refractivity contribution in [2.24, 2.45) is 11.3 Å². The van der Waals surface area contributed by atoms with Gasteiger partial charge in [-0.3, -0.25) is 0 Å². The summed E-state index contributed by atoms with van der Waals surface area (Å²) in [5.74, 6) is 0.686. The van der Waals surface area contributed by atoms with Gasteiger partial charge in [-0.2, -0.15) is 0 Å². The van der Waals surface area contributed by atoms with E-state index in [1.165, 1.54) is 72.0 Å². The summed E-state index contributed by atoms with van der Waals surface area (Å²) in [7, 11) is 6.10. The molecule has 0 saturated carbocycles. The number of allylic oxidation sites excluding steroid dienone is 1. The molecule has 5 aromatic carbocycles. The largest absolute Gasteiger partial charge is 0.113 e. The van der Waals surface area contributed by atoms with E-state index in [2.05, 4.69) is 143 Å². The average Bonchev–Trinajstić information content (AvgIpc) is 2.95. The Balaban J connectivity index is 1.62. The van der Waals surface area contributed by atoms with E-state index in [0.717, 1.165) is 9.94 Å². The van der Waals surface area contributed by atoms with E-state index >= 15 is 0 Å². The number of benzene rings is 5. The first-order chi connectivity index (χ1) is 20.3. The molecule has 2 aliphatic rings. The maximum Gasteiger partial charge on any atom is 0.113 e. The molecule has 0 aromatic heterocycles. The van der Waals surface area contributed by atoms with Gasteiger partial charge in [-0.15, -0.1) is 0 Å². The minimum Gasteiger partial charge on any atom is -0.0966 e. The fraction of sp³-hybridized carbons (Fsp3) is 0.268. The predicted molar refractivity (Wildman–Crippen MR) is 190 cm³/mol. The Morgan fingerprint density at radius 3 is 1.86 bits per heavy atom. The molecule has 0 heterocycles. The first-order valence-corrected chi connectivity index (χ1v) is 16.2. The van der Waals surface area contributed by atoms with Crippen LogP contribution in [0.3, 0.4) is 0 Å². The van der Waals surface area contributed by atoms with Gasteiger partial charge in [0.15, 0.2) is 0 Å². The molecule has 0 spiro atoms. The van der Waals surface area contributed by atoms with Gasteiger partial charge in [-0.25, -0.2) is 0 Å². The molecule has 0 bridgehead atoms. The standard InChI is InChI=1S/C41H38BBr/c1-23-36(41(5,6)7)21-29-18-30(40(2,3)4)22-34-33-19-26(24-8-12-31(42)13-9-24)16-28-17-27(25-10-14-32(43)15-11-25)20-35(38(28)33)37(23)39(29)34/h8-23,37H,1-7H3. The molecule has 0 N–H and O–H groups in total. The second-order valence-corrected chi connectivity index (χ2v) is 15.6. The zero-order chi connectivity index (χ0) is 30.4. The van der Waals surface area contributed by atoms with E-state index in [-0.39, 0.29) is 10.8 Å². The van der Waals surface area contributed by atoms with Gasteiger partial charge in [0.2, 0.25) is 0 Å². The lowest BCUT2D eigenvalue weighted by atomic mass is 9.61. The van der Waals surface area contributed by atoms with E-state index in [9.17, 15) is 0 Å². The minimum absolute atomic E-state index is 0.0409. The zero-order valence-corrected chi connectivity index (χ0v) is 27.9. The third-order valence-corrected chi connectivity index (χ3v) is 10.2. The third-order valence-electron chi connectivity index (χ3n) is 9.68. The zero-order valence-electron chi connectivity index (χ0n) is 26.3. The average molecular weight is 621 g/mol. The molecule has 2 atom stereocenters. The number of fused-ring (bicyclic) bond motifs is 2. The molecule has 7 rings (SSSR count). The predicted octanol–water partition coefficient (Wildman–Crippen LogP) is 11.2. The van der Waals surface area contributed by atoms with Crippen LogP contribution in [-0.2, 0) is 5.41 Å². The molecule has 0 nitrogen and oxygen atoms in total. The van der Waals surface area contributed by atoms with Gasteiger partial charge in [0.25, 0.3) is 0 Å². The van der Waals surface area contributed by atoms with Crippen molar-refractivity contribution < 1.29 is 0 Å². The maximum absolute atomic E-state index is 6.10. The van der Waals surface area contributed by atoms with Crippen molar-refractivity contribution in [1.82, 2.24) is 0 Å². The van der Waals surface area contributed by atoms with E-state index in [1.807, 2.05) is 12.1 Å². The van der Waals surface area contributed by atoms with Crippen LogP contribution in [0.2, 0.25) is 0 Å². The molecule has 5 aromatic rings. The molecule has 2 unspecified atom stereocenters. The van der Waals surface area contributed by atoms with Crippen LogP contribution in [0.4, 0.5) is 0 Å².